The summed E-state index contributed by atoms with van der Waals surface area (Å²) in [6.07, 6.45) is 5.41. The van der Waals surface area contributed by atoms with Crippen LogP contribution >= 0.6 is 0 Å². The summed E-state index contributed by atoms with van der Waals surface area (Å²) in [7, 11) is 0. The van der Waals surface area contributed by atoms with E-state index in [1.54, 1.807) is 23.0 Å². The summed E-state index contributed by atoms with van der Waals surface area (Å²) in [5.74, 6) is -0.528. The topological polar surface area (TPSA) is 65.1 Å². The lowest BCUT2D eigenvalue weighted by Gasteiger charge is -2.03. The van der Waals surface area contributed by atoms with E-state index in [9.17, 15) is 19.3 Å². The molecular formula is C15H13FN2O3. The van der Waals surface area contributed by atoms with Crippen LogP contribution in [0.4, 0.5) is 10.1 Å². The van der Waals surface area contributed by atoms with Gasteiger partial charge in [-0.15, -0.1) is 0 Å². The summed E-state index contributed by atoms with van der Waals surface area (Å²) < 4.78 is 15.3. The number of carbonyl (C=O) groups is 1. The van der Waals surface area contributed by atoms with Crippen molar-refractivity contribution < 1.29 is 14.1 Å². The molecule has 5 nitrogen and oxygen atoms in total. The smallest absolute Gasteiger partial charge is 0.304 e. The zero-order chi connectivity index (χ0) is 15.0. The number of rotatable bonds is 5. The van der Waals surface area contributed by atoms with E-state index in [1.165, 1.54) is 6.07 Å². The third kappa shape index (κ3) is 2.84. The number of aromatic nitrogens is 1. The van der Waals surface area contributed by atoms with Crippen molar-refractivity contribution in [2.75, 3.05) is 0 Å². The van der Waals surface area contributed by atoms with E-state index in [0.717, 1.165) is 25.0 Å². The predicted molar refractivity (Wildman–Crippen MR) is 73.6 cm³/mol. The highest BCUT2D eigenvalue weighted by Crippen LogP contribution is 2.32. The SMILES string of the molecule is O=C(c1ccn(Cc2ccc([N+](=O)[O-])c(F)c2)c1)C1CC1. The van der Waals surface area contributed by atoms with Gasteiger partial charge >= 0.3 is 5.69 Å². The van der Waals surface area contributed by atoms with Gasteiger partial charge in [-0.3, -0.25) is 14.9 Å². The van der Waals surface area contributed by atoms with Crippen molar-refractivity contribution in [3.05, 3.63) is 63.7 Å². The molecule has 0 spiro atoms. The standard InChI is InChI=1S/C15H13FN2O3/c16-13-7-10(1-4-14(13)18(20)21)8-17-6-5-12(9-17)15(19)11-2-3-11/h1,4-7,9,11H,2-3,8H2. The Labute approximate surface area is 120 Å². The molecule has 0 N–H and O–H groups in total. The molecule has 3 rings (SSSR count). The van der Waals surface area contributed by atoms with Crippen molar-refractivity contribution in [3.63, 3.8) is 0 Å². The van der Waals surface area contributed by atoms with Crippen LogP contribution in [0, 0.1) is 21.8 Å². The molecular weight excluding hydrogens is 275 g/mol. The molecule has 108 valence electrons. The van der Waals surface area contributed by atoms with Gasteiger partial charge in [0.05, 0.1) is 4.92 Å². The molecule has 0 amide bonds. The summed E-state index contributed by atoms with van der Waals surface area (Å²) in [4.78, 5) is 21.7. The molecule has 1 saturated carbocycles. The minimum Gasteiger partial charge on any atom is -0.349 e. The average Bonchev–Trinajstić information content (AvgIpc) is 3.18. The molecule has 1 heterocycles. The van der Waals surface area contributed by atoms with Gasteiger partial charge in [0.2, 0.25) is 5.82 Å². The number of hydrogen-bond acceptors (Lipinski definition) is 3. The van der Waals surface area contributed by atoms with E-state index in [-0.39, 0.29) is 11.7 Å². The van der Waals surface area contributed by atoms with Gasteiger partial charge in [-0.05, 0) is 30.5 Å². The van der Waals surface area contributed by atoms with Crippen LogP contribution in [0.5, 0.6) is 0 Å². The van der Waals surface area contributed by atoms with Gasteiger partial charge in [-0.2, -0.15) is 4.39 Å². The Balaban J connectivity index is 1.76. The molecule has 1 aromatic heterocycles. The Morgan fingerprint density at radius 1 is 1.38 bits per heavy atom. The molecule has 0 aliphatic heterocycles. The summed E-state index contributed by atoms with van der Waals surface area (Å²) in [5.41, 5.74) is 0.745. The van der Waals surface area contributed by atoms with Crippen LogP contribution in [0.1, 0.15) is 28.8 Å². The molecule has 1 aromatic carbocycles. The summed E-state index contributed by atoms with van der Waals surface area (Å²) in [6.45, 7) is 0.368. The molecule has 0 saturated heterocycles. The Bertz CT molecular complexity index is 719. The number of ketones is 1. The van der Waals surface area contributed by atoms with E-state index >= 15 is 0 Å². The molecule has 2 aromatic rings. The second kappa shape index (κ2) is 5.12. The second-order valence-corrected chi connectivity index (χ2v) is 5.25. The molecule has 6 heteroatoms. The minimum absolute atomic E-state index is 0.156. The van der Waals surface area contributed by atoms with E-state index in [0.29, 0.717) is 17.7 Å². The van der Waals surface area contributed by atoms with Gasteiger partial charge in [0.1, 0.15) is 0 Å². The first-order valence-electron chi connectivity index (χ1n) is 6.67. The van der Waals surface area contributed by atoms with Crippen LogP contribution in [-0.4, -0.2) is 15.3 Å². The van der Waals surface area contributed by atoms with E-state index in [4.69, 9.17) is 0 Å². The molecule has 1 aliphatic rings. The zero-order valence-electron chi connectivity index (χ0n) is 11.2. The lowest BCUT2D eigenvalue weighted by atomic mass is 10.1. The van der Waals surface area contributed by atoms with Crippen molar-refractivity contribution in [2.24, 2.45) is 5.92 Å². The van der Waals surface area contributed by atoms with Crippen LogP contribution in [0.2, 0.25) is 0 Å². The third-order valence-corrected chi connectivity index (χ3v) is 3.56. The number of nitrogens with zero attached hydrogens (tertiary/aromatic N) is 2. The second-order valence-electron chi connectivity index (χ2n) is 5.25. The Morgan fingerprint density at radius 3 is 2.76 bits per heavy atom. The fourth-order valence-corrected chi connectivity index (χ4v) is 2.27. The Hall–Kier alpha value is -2.50. The molecule has 0 unspecified atom stereocenters. The molecule has 0 atom stereocenters. The highest BCUT2D eigenvalue weighted by Gasteiger charge is 2.30. The van der Waals surface area contributed by atoms with Crippen LogP contribution < -0.4 is 0 Å². The summed E-state index contributed by atoms with van der Waals surface area (Å²) in [6, 6.07) is 5.58. The van der Waals surface area contributed by atoms with Crippen molar-refractivity contribution in [1.29, 1.82) is 0 Å². The van der Waals surface area contributed by atoms with Crippen molar-refractivity contribution in [1.82, 2.24) is 4.57 Å². The monoisotopic (exact) mass is 288 g/mol. The zero-order valence-corrected chi connectivity index (χ0v) is 11.2. The number of nitro benzene ring substituents is 1. The number of carbonyl (C=O) groups excluding carboxylic acids is 1. The first-order valence-corrected chi connectivity index (χ1v) is 6.67. The Kier molecular flexibility index (Phi) is 3.29. The fourth-order valence-electron chi connectivity index (χ4n) is 2.27. The quantitative estimate of drug-likeness (QED) is 0.482. The number of halogens is 1. The first-order chi connectivity index (χ1) is 10.0. The first kappa shape index (κ1) is 13.5. The maximum atomic E-state index is 13.5. The van der Waals surface area contributed by atoms with E-state index < -0.39 is 16.4 Å². The van der Waals surface area contributed by atoms with Crippen LogP contribution in [0.25, 0.3) is 0 Å². The minimum atomic E-state index is -0.848. The van der Waals surface area contributed by atoms with Gasteiger partial charge in [0, 0.05) is 36.5 Å². The number of nitro groups is 1. The maximum Gasteiger partial charge on any atom is 0.304 e. The highest BCUT2D eigenvalue weighted by atomic mass is 19.1. The number of Topliss-reactive ketones (excluding diaryl/α,β-unsaturated/α-hetero) is 1. The van der Waals surface area contributed by atoms with Gasteiger partial charge < -0.3 is 4.57 Å². The molecule has 0 radical (unpaired) electrons. The third-order valence-electron chi connectivity index (χ3n) is 3.56. The fraction of sp³-hybridized carbons (Fsp3) is 0.267. The normalized spacial score (nSPS) is 14.1. The lowest BCUT2D eigenvalue weighted by molar-refractivity contribution is -0.387. The number of hydrogen-bond donors (Lipinski definition) is 0. The summed E-state index contributed by atoms with van der Waals surface area (Å²) >= 11 is 0. The number of benzene rings is 1. The molecule has 0 bridgehead atoms. The largest absolute Gasteiger partial charge is 0.349 e. The Morgan fingerprint density at radius 2 is 2.14 bits per heavy atom. The van der Waals surface area contributed by atoms with Gasteiger partial charge in [-0.1, -0.05) is 6.07 Å². The lowest BCUT2D eigenvalue weighted by Crippen LogP contribution is -2.01. The van der Waals surface area contributed by atoms with Gasteiger partial charge in [-0.25, -0.2) is 0 Å². The predicted octanol–water partition coefficient (Wildman–Crippen LogP) is 3.18. The maximum absolute atomic E-state index is 13.5. The van der Waals surface area contributed by atoms with Crippen molar-refractivity contribution in [3.8, 4) is 0 Å². The highest BCUT2D eigenvalue weighted by molar-refractivity contribution is 5.99. The molecule has 1 aliphatic carbocycles. The van der Waals surface area contributed by atoms with Crippen LogP contribution in [-0.2, 0) is 6.54 Å². The van der Waals surface area contributed by atoms with Crippen LogP contribution in [0.3, 0.4) is 0 Å². The van der Waals surface area contributed by atoms with E-state index in [2.05, 4.69) is 0 Å². The van der Waals surface area contributed by atoms with Crippen molar-refractivity contribution in [2.45, 2.75) is 19.4 Å². The summed E-state index contributed by atoms with van der Waals surface area (Å²) in [5, 5.41) is 10.6. The van der Waals surface area contributed by atoms with Crippen molar-refractivity contribution >= 4 is 11.5 Å². The van der Waals surface area contributed by atoms with E-state index in [1.807, 2.05) is 0 Å². The molecule has 21 heavy (non-hydrogen) atoms. The molecule has 1 fully saturated rings. The van der Waals surface area contributed by atoms with Gasteiger partial charge in [0.25, 0.3) is 0 Å². The average molecular weight is 288 g/mol. The van der Waals surface area contributed by atoms with Crippen LogP contribution in [0.15, 0.2) is 36.7 Å². The van der Waals surface area contributed by atoms with Gasteiger partial charge in [0.15, 0.2) is 5.78 Å².